The molecule has 1 aliphatic carbocycles. The van der Waals surface area contributed by atoms with Gasteiger partial charge in [0.1, 0.15) is 0 Å². The van der Waals surface area contributed by atoms with E-state index in [-0.39, 0.29) is 0 Å². The summed E-state index contributed by atoms with van der Waals surface area (Å²) >= 11 is 0. The molecule has 2 rings (SSSR count). The molecular weight excluding hydrogens is 294 g/mol. The topological polar surface area (TPSA) is 33.0 Å². The second-order valence-electron chi connectivity index (χ2n) is 7.01. The minimum absolute atomic E-state index is 0.370. The van der Waals surface area contributed by atoms with Gasteiger partial charge in [0.15, 0.2) is 0 Å². The van der Waals surface area contributed by atoms with Crippen LogP contribution in [-0.2, 0) is 4.74 Å². The van der Waals surface area contributed by atoms with E-state index in [4.69, 9.17) is 10.00 Å². The van der Waals surface area contributed by atoms with E-state index in [1.807, 2.05) is 18.4 Å². The number of rotatable bonds is 8. The number of benzene rings is 1. The molecule has 0 heterocycles. The Hall–Kier alpha value is -1.75. The van der Waals surface area contributed by atoms with Gasteiger partial charge in [-0.05, 0) is 80.6 Å². The van der Waals surface area contributed by atoms with Crippen molar-refractivity contribution in [2.24, 2.45) is 5.92 Å². The monoisotopic (exact) mass is 325 g/mol. The van der Waals surface area contributed by atoms with Crippen LogP contribution in [0.15, 0.2) is 36.6 Å². The molecule has 0 amide bonds. The van der Waals surface area contributed by atoms with Gasteiger partial charge in [0.2, 0.25) is 0 Å². The Kier molecular flexibility index (Phi) is 7.89. The molecule has 0 bridgehead atoms. The van der Waals surface area contributed by atoms with Crippen LogP contribution in [0.2, 0.25) is 0 Å². The molecule has 0 aliphatic heterocycles. The second kappa shape index (κ2) is 10.2. The number of nitrogens with zero attached hydrogens (tertiary/aromatic N) is 1. The highest BCUT2D eigenvalue weighted by molar-refractivity contribution is 5.33. The Morgan fingerprint density at radius 3 is 2.46 bits per heavy atom. The number of allylic oxidation sites excluding steroid dienone is 1. The van der Waals surface area contributed by atoms with Gasteiger partial charge in [0, 0.05) is 0 Å². The molecule has 1 aromatic carbocycles. The van der Waals surface area contributed by atoms with Crippen molar-refractivity contribution in [1.29, 1.82) is 5.26 Å². The first-order valence-electron chi connectivity index (χ1n) is 9.57. The van der Waals surface area contributed by atoms with E-state index in [1.54, 1.807) is 0 Å². The zero-order chi connectivity index (χ0) is 17.2. The normalized spacial score (nSPS) is 22.2. The van der Waals surface area contributed by atoms with Crippen LogP contribution in [0.5, 0.6) is 0 Å². The molecule has 0 spiro atoms. The number of hydrogen-bond acceptors (Lipinski definition) is 2. The minimum atomic E-state index is 0.370. The van der Waals surface area contributed by atoms with E-state index in [2.05, 4.69) is 38.1 Å². The zero-order valence-electron chi connectivity index (χ0n) is 15.2. The van der Waals surface area contributed by atoms with Crippen LogP contribution in [0, 0.1) is 17.2 Å². The first-order chi connectivity index (χ1) is 11.8. The third-order valence-electron chi connectivity index (χ3n) is 5.23. The second-order valence-corrected chi connectivity index (χ2v) is 7.01. The Morgan fingerprint density at radius 2 is 1.88 bits per heavy atom. The third kappa shape index (κ3) is 5.71. The van der Waals surface area contributed by atoms with Gasteiger partial charge >= 0.3 is 0 Å². The number of nitriles is 1. The smallest absolute Gasteiger partial charge is 0.0991 e. The molecule has 0 aromatic heterocycles. The highest BCUT2D eigenvalue weighted by Gasteiger charge is 2.24. The summed E-state index contributed by atoms with van der Waals surface area (Å²) in [5.41, 5.74) is 2.16. The molecule has 1 unspecified atom stereocenters. The van der Waals surface area contributed by atoms with Gasteiger partial charge in [-0.3, -0.25) is 0 Å². The van der Waals surface area contributed by atoms with Gasteiger partial charge in [0.05, 0.1) is 24.0 Å². The summed E-state index contributed by atoms with van der Waals surface area (Å²) in [6.45, 7) is 4.41. The van der Waals surface area contributed by atoms with Gasteiger partial charge < -0.3 is 4.74 Å². The van der Waals surface area contributed by atoms with E-state index >= 15 is 0 Å². The van der Waals surface area contributed by atoms with Gasteiger partial charge in [0.25, 0.3) is 0 Å². The molecule has 1 fully saturated rings. The highest BCUT2D eigenvalue weighted by atomic mass is 16.5. The van der Waals surface area contributed by atoms with Crippen molar-refractivity contribution in [2.75, 3.05) is 0 Å². The van der Waals surface area contributed by atoms with E-state index in [0.717, 1.165) is 24.3 Å². The van der Waals surface area contributed by atoms with Gasteiger partial charge in [-0.2, -0.15) is 5.26 Å². The van der Waals surface area contributed by atoms with Crippen molar-refractivity contribution >= 4 is 0 Å². The first kappa shape index (κ1) is 18.6. The van der Waals surface area contributed by atoms with Crippen molar-refractivity contribution < 1.29 is 4.74 Å². The van der Waals surface area contributed by atoms with Crippen LogP contribution < -0.4 is 0 Å². The maximum atomic E-state index is 8.91. The van der Waals surface area contributed by atoms with Crippen LogP contribution in [0.4, 0.5) is 0 Å². The Balaban J connectivity index is 1.77. The molecule has 1 aliphatic rings. The Labute approximate surface area is 147 Å². The maximum absolute atomic E-state index is 8.91. The van der Waals surface area contributed by atoms with Crippen LogP contribution in [0.25, 0.3) is 0 Å². The third-order valence-corrected chi connectivity index (χ3v) is 5.23. The standard InChI is InChI=1S/C22H31NO/c1-3-5-6-15-24-22(4-2)16-18-7-11-20(12-8-18)21-13-9-19(17-23)10-14-21/h6,9-10,13-15,18,20,22H,3-5,7-8,11-12,16H2,1-2H3/b15-6+. The van der Waals surface area contributed by atoms with Crippen LogP contribution in [0.1, 0.15) is 82.3 Å². The molecule has 24 heavy (non-hydrogen) atoms. The molecule has 1 aromatic rings. The van der Waals surface area contributed by atoms with Crippen molar-refractivity contribution in [2.45, 2.75) is 77.2 Å². The van der Waals surface area contributed by atoms with Crippen molar-refractivity contribution in [3.8, 4) is 6.07 Å². The summed E-state index contributed by atoms with van der Waals surface area (Å²) in [5.74, 6) is 1.46. The van der Waals surface area contributed by atoms with Crippen molar-refractivity contribution in [1.82, 2.24) is 0 Å². The van der Waals surface area contributed by atoms with Crippen molar-refractivity contribution in [3.05, 3.63) is 47.7 Å². The summed E-state index contributed by atoms with van der Waals surface area (Å²) in [7, 11) is 0. The lowest BCUT2D eigenvalue weighted by molar-refractivity contribution is 0.102. The van der Waals surface area contributed by atoms with Gasteiger partial charge in [-0.1, -0.05) is 32.4 Å². The van der Waals surface area contributed by atoms with Crippen molar-refractivity contribution in [3.63, 3.8) is 0 Å². The van der Waals surface area contributed by atoms with Crippen LogP contribution in [0.3, 0.4) is 0 Å². The predicted molar refractivity (Wildman–Crippen MR) is 99.7 cm³/mol. The molecule has 130 valence electrons. The fourth-order valence-corrected chi connectivity index (χ4v) is 3.65. The molecule has 0 N–H and O–H groups in total. The van der Waals surface area contributed by atoms with E-state index < -0.39 is 0 Å². The molecule has 2 nitrogen and oxygen atoms in total. The molecule has 1 atom stereocenters. The molecule has 2 heteroatoms. The molecular formula is C22H31NO. The summed E-state index contributed by atoms with van der Waals surface area (Å²) in [6, 6.07) is 10.4. The largest absolute Gasteiger partial charge is 0.498 e. The maximum Gasteiger partial charge on any atom is 0.0991 e. The van der Waals surface area contributed by atoms with Gasteiger partial charge in [-0.25, -0.2) is 0 Å². The van der Waals surface area contributed by atoms with Crippen LogP contribution >= 0.6 is 0 Å². The van der Waals surface area contributed by atoms with Crippen LogP contribution in [-0.4, -0.2) is 6.10 Å². The van der Waals surface area contributed by atoms with Gasteiger partial charge in [-0.15, -0.1) is 0 Å². The number of unbranched alkanes of at least 4 members (excludes halogenated alkanes) is 1. The fourth-order valence-electron chi connectivity index (χ4n) is 3.65. The number of ether oxygens (including phenoxy) is 1. The first-order valence-corrected chi connectivity index (χ1v) is 9.57. The highest BCUT2D eigenvalue weighted by Crippen LogP contribution is 2.38. The zero-order valence-corrected chi connectivity index (χ0v) is 15.2. The lowest BCUT2D eigenvalue weighted by Gasteiger charge is -2.30. The molecule has 0 saturated heterocycles. The van der Waals surface area contributed by atoms with E-state index in [1.165, 1.54) is 44.1 Å². The lowest BCUT2D eigenvalue weighted by Crippen LogP contribution is -2.19. The summed E-state index contributed by atoms with van der Waals surface area (Å²) in [5, 5.41) is 8.91. The minimum Gasteiger partial charge on any atom is -0.498 e. The predicted octanol–water partition coefficient (Wildman–Crippen LogP) is 6.33. The summed E-state index contributed by atoms with van der Waals surface area (Å²) in [6.07, 6.45) is 14.1. The SMILES string of the molecule is CCC/C=C/OC(CC)CC1CCC(c2ccc(C#N)cc2)CC1. The lowest BCUT2D eigenvalue weighted by atomic mass is 9.76. The average Bonchev–Trinajstić information content (AvgIpc) is 2.65. The Morgan fingerprint density at radius 1 is 1.17 bits per heavy atom. The fraction of sp³-hybridized carbons (Fsp3) is 0.591. The average molecular weight is 325 g/mol. The molecule has 0 radical (unpaired) electrons. The van der Waals surface area contributed by atoms with E-state index in [0.29, 0.717) is 12.0 Å². The number of hydrogen-bond donors (Lipinski definition) is 0. The quantitative estimate of drug-likeness (QED) is 0.523. The summed E-state index contributed by atoms with van der Waals surface area (Å²) < 4.78 is 5.92. The van der Waals surface area contributed by atoms with E-state index in [9.17, 15) is 0 Å². The molecule has 1 saturated carbocycles. The Bertz CT molecular complexity index is 532. The summed E-state index contributed by atoms with van der Waals surface area (Å²) in [4.78, 5) is 0.